The van der Waals surface area contributed by atoms with Crippen LogP contribution in [0.5, 0.6) is 0 Å². The first-order valence-electron chi connectivity index (χ1n) is 5.77. The molecule has 0 bridgehead atoms. The Kier molecular flexibility index (Phi) is 4.32. The minimum atomic E-state index is 0.585. The maximum atomic E-state index is 9.26. The van der Waals surface area contributed by atoms with Gasteiger partial charge >= 0.3 is 0 Å². The molecule has 0 saturated heterocycles. The van der Waals surface area contributed by atoms with Crippen molar-refractivity contribution in [3.63, 3.8) is 0 Å². The van der Waals surface area contributed by atoms with E-state index in [1.165, 1.54) is 0 Å². The fraction of sp³-hybridized carbons (Fsp3) is 0.214. The summed E-state index contributed by atoms with van der Waals surface area (Å²) in [5.74, 6) is 1.81. The highest BCUT2D eigenvalue weighted by Gasteiger charge is 2.08. The van der Waals surface area contributed by atoms with Crippen LogP contribution in [0.1, 0.15) is 18.2 Å². The molecule has 0 aliphatic heterocycles. The Morgan fingerprint density at radius 3 is 2.89 bits per heavy atom. The molecule has 0 amide bonds. The third-order valence-corrected chi connectivity index (χ3v) is 3.41. The lowest BCUT2D eigenvalue weighted by Gasteiger charge is -2.09. The number of nitrogens with zero attached hydrogens (tertiary/aromatic N) is 1. The predicted molar refractivity (Wildman–Crippen MR) is 73.6 cm³/mol. The molecule has 2 rings (SSSR count). The van der Waals surface area contributed by atoms with Crippen molar-refractivity contribution in [1.82, 2.24) is 0 Å². The molecular formula is C14H14N2OS. The first-order chi connectivity index (χ1) is 8.85. The molecule has 0 saturated carbocycles. The highest BCUT2D eigenvalue weighted by Crippen LogP contribution is 2.28. The summed E-state index contributed by atoms with van der Waals surface area (Å²) in [5, 5.41) is 12.5. The van der Waals surface area contributed by atoms with Crippen molar-refractivity contribution in [2.24, 2.45) is 0 Å². The summed E-state index contributed by atoms with van der Waals surface area (Å²) in [4.78, 5) is 1.02. The fourth-order valence-electron chi connectivity index (χ4n) is 1.67. The van der Waals surface area contributed by atoms with Gasteiger partial charge in [-0.3, -0.25) is 0 Å². The van der Waals surface area contributed by atoms with E-state index in [-0.39, 0.29) is 0 Å². The second-order valence-corrected chi connectivity index (χ2v) is 4.96. The number of furan rings is 1. The Morgan fingerprint density at radius 2 is 2.22 bits per heavy atom. The largest absolute Gasteiger partial charge is 0.467 e. The van der Waals surface area contributed by atoms with Crippen molar-refractivity contribution < 1.29 is 4.42 Å². The zero-order chi connectivity index (χ0) is 12.8. The lowest BCUT2D eigenvalue weighted by Crippen LogP contribution is -2.01. The quantitative estimate of drug-likeness (QED) is 0.827. The first kappa shape index (κ1) is 12.6. The van der Waals surface area contributed by atoms with Crippen LogP contribution < -0.4 is 5.32 Å². The van der Waals surface area contributed by atoms with E-state index in [2.05, 4.69) is 18.3 Å². The lowest BCUT2D eigenvalue weighted by atomic mass is 10.2. The van der Waals surface area contributed by atoms with Gasteiger partial charge in [0.05, 0.1) is 24.1 Å². The number of anilines is 1. The number of benzene rings is 1. The summed E-state index contributed by atoms with van der Waals surface area (Å²) in [6.45, 7) is 2.66. The number of nitrogens with one attached hydrogen (secondary N) is 1. The van der Waals surface area contributed by atoms with E-state index >= 15 is 0 Å². The highest BCUT2D eigenvalue weighted by molar-refractivity contribution is 7.99. The molecule has 1 aromatic heterocycles. The van der Waals surface area contributed by atoms with Gasteiger partial charge in [0.25, 0.3) is 0 Å². The summed E-state index contributed by atoms with van der Waals surface area (Å²) >= 11 is 1.68. The van der Waals surface area contributed by atoms with E-state index < -0.39 is 0 Å². The molecule has 0 radical (unpaired) electrons. The molecule has 0 unspecified atom stereocenters. The first-order valence-corrected chi connectivity index (χ1v) is 6.76. The smallest absolute Gasteiger partial charge is 0.122 e. The van der Waals surface area contributed by atoms with Crippen molar-refractivity contribution in [1.29, 1.82) is 5.26 Å². The Balaban J connectivity index is 2.17. The topological polar surface area (TPSA) is 49.0 Å². The normalized spacial score (nSPS) is 10.0. The van der Waals surface area contributed by atoms with Gasteiger partial charge in [-0.15, -0.1) is 11.8 Å². The summed E-state index contributed by atoms with van der Waals surface area (Å²) in [7, 11) is 0. The predicted octanol–water partition coefficient (Wildman–Crippen LogP) is 3.88. The molecule has 0 spiro atoms. The van der Waals surface area contributed by atoms with E-state index in [9.17, 15) is 5.26 Å². The van der Waals surface area contributed by atoms with Crippen molar-refractivity contribution in [2.75, 3.05) is 11.1 Å². The maximum Gasteiger partial charge on any atom is 0.122 e. The molecule has 4 heteroatoms. The summed E-state index contributed by atoms with van der Waals surface area (Å²) in [6, 6.07) is 11.9. The zero-order valence-electron chi connectivity index (χ0n) is 10.1. The molecular weight excluding hydrogens is 244 g/mol. The van der Waals surface area contributed by atoms with E-state index in [0.29, 0.717) is 12.1 Å². The molecule has 18 heavy (non-hydrogen) atoms. The molecule has 0 atom stereocenters. The average Bonchev–Trinajstić information content (AvgIpc) is 2.90. The zero-order valence-corrected chi connectivity index (χ0v) is 11.0. The Morgan fingerprint density at radius 1 is 1.33 bits per heavy atom. The van der Waals surface area contributed by atoms with Gasteiger partial charge in [-0.05, 0) is 30.0 Å². The van der Waals surface area contributed by atoms with Crippen LogP contribution >= 0.6 is 11.8 Å². The fourth-order valence-corrected chi connectivity index (χ4v) is 2.45. The van der Waals surface area contributed by atoms with Crippen LogP contribution in [-0.2, 0) is 6.54 Å². The number of thioether (sulfide) groups is 1. The standard InChI is InChI=1S/C14H14N2OS/c1-2-18-14-7-3-6-13(12(14)9-15)16-10-11-5-4-8-17-11/h3-8,16H,2,10H2,1H3. The second-order valence-electron chi connectivity index (χ2n) is 3.66. The van der Waals surface area contributed by atoms with E-state index in [1.807, 2.05) is 30.3 Å². The van der Waals surface area contributed by atoms with Crippen molar-refractivity contribution in [3.8, 4) is 6.07 Å². The summed E-state index contributed by atoms with van der Waals surface area (Å²) < 4.78 is 5.26. The van der Waals surface area contributed by atoms with Crippen LogP contribution in [0.3, 0.4) is 0 Å². The molecule has 1 N–H and O–H groups in total. The SMILES string of the molecule is CCSc1cccc(NCc2ccco2)c1C#N. The van der Waals surface area contributed by atoms with Crippen LogP contribution in [0.4, 0.5) is 5.69 Å². The van der Waals surface area contributed by atoms with Gasteiger partial charge in [-0.1, -0.05) is 13.0 Å². The van der Waals surface area contributed by atoms with Crippen LogP contribution in [0.15, 0.2) is 45.9 Å². The van der Waals surface area contributed by atoms with Gasteiger partial charge < -0.3 is 9.73 Å². The van der Waals surface area contributed by atoms with Crippen LogP contribution in [0, 0.1) is 11.3 Å². The van der Waals surface area contributed by atoms with Crippen LogP contribution in [-0.4, -0.2) is 5.75 Å². The van der Waals surface area contributed by atoms with Gasteiger partial charge in [-0.25, -0.2) is 0 Å². The van der Waals surface area contributed by atoms with Gasteiger partial charge in [-0.2, -0.15) is 5.26 Å². The van der Waals surface area contributed by atoms with E-state index in [4.69, 9.17) is 4.42 Å². The lowest BCUT2D eigenvalue weighted by molar-refractivity contribution is 0.518. The highest BCUT2D eigenvalue weighted by atomic mass is 32.2. The van der Waals surface area contributed by atoms with E-state index in [1.54, 1.807) is 18.0 Å². The van der Waals surface area contributed by atoms with Gasteiger partial charge in [0.2, 0.25) is 0 Å². The Labute approximate surface area is 111 Å². The molecule has 1 heterocycles. The summed E-state index contributed by atoms with van der Waals surface area (Å²) in [5.41, 5.74) is 1.56. The average molecular weight is 258 g/mol. The molecule has 1 aromatic carbocycles. The number of rotatable bonds is 5. The third kappa shape index (κ3) is 2.88. The summed E-state index contributed by atoms with van der Waals surface area (Å²) in [6.07, 6.45) is 1.64. The molecule has 3 nitrogen and oxygen atoms in total. The third-order valence-electron chi connectivity index (χ3n) is 2.47. The molecule has 92 valence electrons. The number of hydrogen-bond acceptors (Lipinski definition) is 4. The van der Waals surface area contributed by atoms with E-state index in [0.717, 1.165) is 22.1 Å². The minimum Gasteiger partial charge on any atom is -0.467 e. The molecule has 2 aromatic rings. The molecule has 0 fully saturated rings. The number of hydrogen-bond donors (Lipinski definition) is 1. The minimum absolute atomic E-state index is 0.585. The van der Waals surface area contributed by atoms with Crippen molar-refractivity contribution in [2.45, 2.75) is 18.4 Å². The van der Waals surface area contributed by atoms with Crippen molar-refractivity contribution in [3.05, 3.63) is 47.9 Å². The number of nitriles is 1. The monoisotopic (exact) mass is 258 g/mol. The second kappa shape index (κ2) is 6.18. The van der Waals surface area contributed by atoms with Crippen molar-refractivity contribution >= 4 is 17.4 Å². The Bertz CT molecular complexity index is 543. The molecule has 0 aliphatic carbocycles. The Hall–Kier alpha value is -1.86. The van der Waals surface area contributed by atoms with Crippen LogP contribution in [0.25, 0.3) is 0 Å². The van der Waals surface area contributed by atoms with Crippen LogP contribution in [0.2, 0.25) is 0 Å². The van der Waals surface area contributed by atoms with Gasteiger partial charge in [0.1, 0.15) is 11.8 Å². The van der Waals surface area contributed by atoms with Gasteiger partial charge in [0.15, 0.2) is 0 Å². The molecule has 0 aliphatic rings. The van der Waals surface area contributed by atoms with Gasteiger partial charge in [0, 0.05) is 4.90 Å². The maximum absolute atomic E-state index is 9.26.